The third kappa shape index (κ3) is 3.40. The Morgan fingerprint density at radius 1 is 1.19 bits per heavy atom. The lowest BCUT2D eigenvalue weighted by Crippen LogP contribution is -2.45. The van der Waals surface area contributed by atoms with E-state index in [1.807, 2.05) is 24.3 Å². The van der Waals surface area contributed by atoms with Crippen LogP contribution in [-0.4, -0.2) is 55.0 Å². The number of benzene rings is 2. The van der Waals surface area contributed by atoms with E-state index in [4.69, 9.17) is 4.74 Å². The van der Waals surface area contributed by atoms with E-state index in [1.54, 1.807) is 7.11 Å². The highest BCUT2D eigenvalue weighted by atomic mass is 16.5. The maximum Gasteiger partial charge on any atom is 0.324 e. The summed E-state index contributed by atoms with van der Waals surface area (Å²) >= 11 is 0. The number of imide groups is 1. The third-order valence-electron chi connectivity index (χ3n) is 5.29. The third-order valence-corrected chi connectivity index (χ3v) is 5.29. The molecule has 0 spiro atoms. The summed E-state index contributed by atoms with van der Waals surface area (Å²) < 4.78 is 5.40. The van der Waals surface area contributed by atoms with Crippen LogP contribution < -0.4 is 10.1 Å². The average Bonchev–Trinajstić information content (AvgIpc) is 3.14. The number of fused-ring (bicyclic) bond motifs is 1. The Bertz CT molecular complexity index is 867. The molecule has 140 valence electrons. The molecule has 0 aromatic heterocycles. The Kier molecular flexibility index (Phi) is 4.81. The van der Waals surface area contributed by atoms with Gasteiger partial charge in [0, 0.05) is 19.6 Å². The van der Waals surface area contributed by atoms with E-state index in [1.165, 1.54) is 16.0 Å². The number of hydrogen-bond donors (Lipinski definition) is 1. The summed E-state index contributed by atoms with van der Waals surface area (Å²) in [6, 6.07) is 16.0. The van der Waals surface area contributed by atoms with Gasteiger partial charge in [-0.2, -0.15) is 0 Å². The summed E-state index contributed by atoms with van der Waals surface area (Å²) in [5.74, 6) is 0.637. The van der Waals surface area contributed by atoms with E-state index < -0.39 is 0 Å². The first-order valence-corrected chi connectivity index (χ1v) is 9.21. The SMILES string of the molecule is COc1cccc([C@H]2c3ccccc3CCN2CC(=O)N2CCNC2=O)c1. The minimum absolute atomic E-state index is 0.0420. The zero-order chi connectivity index (χ0) is 18.8. The molecule has 1 saturated heterocycles. The van der Waals surface area contributed by atoms with E-state index in [-0.39, 0.29) is 24.5 Å². The summed E-state index contributed by atoms with van der Waals surface area (Å²) in [6.07, 6.45) is 0.885. The smallest absolute Gasteiger partial charge is 0.324 e. The van der Waals surface area contributed by atoms with Crippen LogP contribution in [0.4, 0.5) is 4.79 Å². The normalized spacial score (nSPS) is 19.5. The van der Waals surface area contributed by atoms with Gasteiger partial charge in [-0.15, -0.1) is 0 Å². The summed E-state index contributed by atoms with van der Waals surface area (Å²) in [7, 11) is 1.65. The fourth-order valence-corrected chi connectivity index (χ4v) is 3.96. The number of carbonyl (C=O) groups excluding carboxylic acids is 2. The maximum atomic E-state index is 12.7. The average molecular weight is 365 g/mol. The number of methoxy groups -OCH3 is 1. The number of urea groups is 1. The van der Waals surface area contributed by atoms with E-state index >= 15 is 0 Å². The van der Waals surface area contributed by atoms with Crippen LogP contribution in [-0.2, 0) is 11.2 Å². The molecule has 0 unspecified atom stereocenters. The molecule has 2 aromatic rings. The molecule has 2 heterocycles. The van der Waals surface area contributed by atoms with Crippen molar-refractivity contribution >= 4 is 11.9 Å². The van der Waals surface area contributed by atoms with Gasteiger partial charge in [0.15, 0.2) is 0 Å². The molecule has 1 atom stereocenters. The molecule has 6 nitrogen and oxygen atoms in total. The molecule has 0 aliphatic carbocycles. The van der Waals surface area contributed by atoms with Gasteiger partial charge in [0.25, 0.3) is 0 Å². The van der Waals surface area contributed by atoms with Crippen LogP contribution in [0, 0.1) is 0 Å². The largest absolute Gasteiger partial charge is 0.497 e. The van der Waals surface area contributed by atoms with Gasteiger partial charge in [0.2, 0.25) is 5.91 Å². The van der Waals surface area contributed by atoms with Gasteiger partial charge in [0.1, 0.15) is 5.75 Å². The standard InChI is InChI=1S/C21H23N3O3/c1-27-17-7-4-6-16(13-17)20-18-8-3-2-5-15(18)9-11-23(20)14-19(25)24-12-10-22-21(24)26/h2-8,13,20H,9-12,14H2,1H3,(H,22,26)/t20-/m0/s1. The van der Waals surface area contributed by atoms with Crippen LogP contribution in [0.5, 0.6) is 5.75 Å². The van der Waals surface area contributed by atoms with Gasteiger partial charge in [-0.3, -0.25) is 14.6 Å². The van der Waals surface area contributed by atoms with Gasteiger partial charge >= 0.3 is 6.03 Å². The second-order valence-electron chi connectivity index (χ2n) is 6.88. The Morgan fingerprint density at radius 3 is 2.81 bits per heavy atom. The van der Waals surface area contributed by atoms with Crippen molar-refractivity contribution in [3.8, 4) is 5.75 Å². The number of hydrogen-bond acceptors (Lipinski definition) is 4. The number of ether oxygens (including phenoxy) is 1. The van der Waals surface area contributed by atoms with Crippen LogP contribution in [0.15, 0.2) is 48.5 Å². The topological polar surface area (TPSA) is 61.9 Å². The van der Waals surface area contributed by atoms with Crippen LogP contribution in [0.1, 0.15) is 22.7 Å². The molecule has 0 radical (unpaired) electrons. The summed E-state index contributed by atoms with van der Waals surface area (Å²) in [5.41, 5.74) is 3.59. The molecule has 2 aliphatic rings. The molecule has 4 rings (SSSR count). The molecular weight excluding hydrogens is 342 g/mol. The Hall–Kier alpha value is -2.86. The predicted octanol–water partition coefficient (Wildman–Crippen LogP) is 2.19. The predicted molar refractivity (Wildman–Crippen MR) is 102 cm³/mol. The van der Waals surface area contributed by atoms with Crippen molar-refractivity contribution in [3.05, 3.63) is 65.2 Å². The minimum atomic E-state index is -0.296. The molecule has 1 N–H and O–H groups in total. The van der Waals surface area contributed by atoms with Gasteiger partial charge < -0.3 is 10.1 Å². The van der Waals surface area contributed by atoms with Crippen molar-refractivity contribution in [3.63, 3.8) is 0 Å². The van der Waals surface area contributed by atoms with Crippen molar-refractivity contribution in [1.82, 2.24) is 15.1 Å². The highest BCUT2D eigenvalue weighted by Gasteiger charge is 2.33. The Morgan fingerprint density at radius 2 is 2.04 bits per heavy atom. The molecule has 0 bridgehead atoms. The van der Waals surface area contributed by atoms with Gasteiger partial charge in [-0.25, -0.2) is 4.79 Å². The number of rotatable bonds is 4. The highest BCUT2D eigenvalue weighted by molar-refractivity contribution is 5.96. The minimum Gasteiger partial charge on any atom is -0.497 e. The molecule has 3 amide bonds. The van der Waals surface area contributed by atoms with E-state index in [2.05, 4.69) is 34.5 Å². The number of nitrogens with one attached hydrogen (secondary N) is 1. The van der Waals surface area contributed by atoms with Gasteiger partial charge in [-0.1, -0.05) is 36.4 Å². The molecule has 27 heavy (non-hydrogen) atoms. The molecular formula is C21H23N3O3. The fourth-order valence-electron chi connectivity index (χ4n) is 3.96. The monoisotopic (exact) mass is 365 g/mol. The second kappa shape index (κ2) is 7.40. The highest BCUT2D eigenvalue weighted by Crippen LogP contribution is 2.36. The lowest BCUT2D eigenvalue weighted by Gasteiger charge is -2.37. The lowest BCUT2D eigenvalue weighted by molar-refractivity contribution is -0.129. The summed E-state index contributed by atoms with van der Waals surface area (Å²) in [5, 5.41) is 2.69. The zero-order valence-corrected chi connectivity index (χ0v) is 15.4. The molecule has 2 aromatic carbocycles. The van der Waals surface area contributed by atoms with E-state index in [9.17, 15) is 9.59 Å². The molecule has 6 heteroatoms. The summed E-state index contributed by atoms with van der Waals surface area (Å²) in [4.78, 5) is 28.1. The lowest BCUT2D eigenvalue weighted by atomic mass is 9.88. The summed E-state index contributed by atoms with van der Waals surface area (Å²) in [6.45, 7) is 1.93. The van der Waals surface area contributed by atoms with Crippen molar-refractivity contribution in [2.24, 2.45) is 0 Å². The van der Waals surface area contributed by atoms with Crippen molar-refractivity contribution in [1.29, 1.82) is 0 Å². The van der Waals surface area contributed by atoms with Gasteiger partial charge in [0.05, 0.1) is 19.7 Å². The first kappa shape index (κ1) is 17.5. The molecule has 1 fully saturated rings. The number of carbonyl (C=O) groups is 2. The quantitative estimate of drug-likeness (QED) is 0.902. The first-order chi connectivity index (χ1) is 13.2. The second-order valence-corrected chi connectivity index (χ2v) is 6.88. The molecule has 0 saturated carbocycles. The van der Waals surface area contributed by atoms with Crippen LogP contribution >= 0.6 is 0 Å². The fraction of sp³-hybridized carbons (Fsp3) is 0.333. The van der Waals surface area contributed by atoms with Crippen LogP contribution in [0.25, 0.3) is 0 Å². The Balaban J connectivity index is 1.67. The van der Waals surface area contributed by atoms with Crippen molar-refractivity contribution in [2.75, 3.05) is 33.3 Å². The zero-order valence-electron chi connectivity index (χ0n) is 15.4. The Labute approximate surface area is 158 Å². The number of amides is 3. The van der Waals surface area contributed by atoms with Gasteiger partial charge in [-0.05, 0) is 35.2 Å². The molecule has 2 aliphatic heterocycles. The van der Waals surface area contributed by atoms with Crippen molar-refractivity contribution in [2.45, 2.75) is 12.5 Å². The van der Waals surface area contributed by atoms with Crippen molar-refractivity contribution < 1.29 is 14.3 Å². The van der Waals surface area contributed by atoms with E-state index in [0.717, 1.165) is 24.3 Å². The van der Waals surface area contributed by atoms with Crippen LogP contribution in [0.2, 0.25) is 0 Å². The first-order valence-electron chi connectivity index (χ1n) is 9.21. The van der Waals surface area contributed by atoms with E-state index in [0.29, 0.717) is 13.1 Å². The van der Waals surface area contributed by atoms with Crippen LogP contribution in [0.3, 0.4) is 0 Å². The number of nitrogens with zero attached hydrogens (tertiary/aromatic N) is 2. The maximum absolute atomic E-state index is 12.7.